The molecule has 0 aliphatic rings. The van der Waals surface area contributed by atoms with Gasteiger partial charge < -0.3 is 18.1 Å². The summed E-state index contributed by atoms with van der Waals surface area (Å²) in [5.74, 6) is 0. The Labute approximate surface area is 124 Å². The summed E-state index contributed by atoms with van der Waals surface area (Å²) < 4.78 is 47.2. The number of hydrogen-bond donors (Lipinski definition) is 0. The third kappa shape index (κ3) is 5.38. The summed E-state index contributed by atoms with van der Waals surface area (Å²) in [6.07, 6.45) is 3.59. The van der Waals surface area contributed by atoms with E-state index in [-0.39, 0.29) is 30.8 Å². The highest BCUT2D eigenvalue weighted by atomic mass is 32.2. The summed E-state index contributed by atoms with van der Waals surface area (Å²) >= 11 is 0. The molecule has 0 aromatic rings. The van der Waals surface area contributed by atoms with Gasteiger partial charge in [0.2, 0.25) is 0 Å². The van der Waals surface area contributed by atoms with Crippen molar-refractivity contribution in [1.82, 2.24) is 0 Å². The molecule has 0 amide bonds. The van der Waals surface area contributed by atoms with Gasteiger partial charge in [0, 0.05) is 0 Å². The zero-order chi connectivity index (χ0) is 15.8. The standard InChI is InChI=1S/C11H26O6P2S/c1-7-14-18(12,15-8-2)11(20(5)6)19(13,16-9-3)17-10-4/h7-10H2,1-6H3. The van der Waals surface area contributed by atoms with Crippen LogP contribution in [0.3, 0.4) is 0 Å². The minimum atomic E-state index is -3.65. The lowest BCUT2D eigenvalue weighted by Crippen LogP contribution is -2.12. The molecule has 0 saturated carbocycles. The predicted molar refractivity (Wildman–Crippen MR) is 86.2 cm³/mol. The van der Waals surface area contributed by atoms with Crippen LogP contribution in [0.25, 0.3) is 0 Å². The fraction of sp³-hybridized carbons (Fsp3) is 0.909. The van der Waals surface area contributed by atoms with Gasteiger partial charge in [0.15, 0.2) is 4.35 Å². The molecule has 0 aromatic carbocycles. The van der Waals surface area contributed by atoms with Crippen LogP contribution in [0.4, 0.5) is 0 Å². The van der Waals surface area contributed by atoms with Crippen molar-refractivity contribution in [2.75, 3.05) is 38.9 Å². The number of rotatable bonds is 10. The van der Waals surface area contributed by atoms with E-state index in [1.165, 1.54) is 0 Å². The normalized spacial score (nSPS) is 12.9. The summed E-state index contributed by atoms with van der Waals surface area (Å²) in [6.45, 7) is 7.59. The second kappa shape index (κ2) is 9.52. The van der Waals surface area contributed by atoms with Crippen LogP contribution in [0, 0.1) is 0 Å². The van der Waals surface area contributed by atoms with Crippen molar-refractivity contribution in [1.29, 1.82) is 0 Å². The molecule has 0 unspecified atom stereocenters. The minimum absolute atomic E-state index is 0.123. The zero-order valence-corrected chi connectivity index (χ0v) is 15.7. The Morgan fingerprint density at radius 3 is 1.15 bits per heavy atom. The van der Waals surface area contributed by atoms with E-state index in [2.05, 4.69) is 0 Å². The first-order chi connectivity index (χ1) is 9.31. The van der Waals surface area contributed by atoms with Crippen molar-refractivity contribution in [3.8, 4) is 0 Å². The Balaban J connectivity index is 5.91. The molecule has 9 heteroatoms. The zero-order valence-electron chi connectivity index (χ0n) is 13.1. The summed E-state index contributed by atoms with van der Waals surface area (Å²) in [6, 6.07) is 0. The van der Waals surface area contributed by atoms with E-state index in [0.717, 1.165) is 0 Å². The maximum atomic E-state index is 12.9. The van der Waals surface area contributed by atoms with Crippen molar-refractivity contribution >= 4 is 30.0 Å². The first kappa shape index (κ1) is 20.5. The fourth-order valence-corrected chi connectivity index (χ4v) is 9.63. The largest absolute Gasteiger partial charge is 0.375 e. The Morgan fingerprint density at radius 1 is 0.750 bits per heavy atom. The molecule has 0 heterocycles. The fourth-order valence-electron chi connectivity index (χ4n) is 1.57. The summed E-state index contributed by atoms with van der Waals surface area (Å²) in [5, 5.41) is 0. The van der Waals surface area contributed by atoms with E-state index < -0.39 is 25.7 Å². The van der Waals surface area contributed by atoms with E-state index in [9.17, 15) is 9.13 Å². The molecule has 0 atom stereocenters. The molecule has 0 N–H and O–H groups in total. The molecule has 20 heavy (non-hydrogen) atoms. The Hall–Kier alpha value is 0.520. The molecule has 0 fully saturated rings. The lowest BCUT2D eigenvalue weighted by molar-refractivity contribution is 0.225. The molecular weight excluding hydrogens is 322 g/mol. The molecule has 122 valence electrons. The second-order valence-corrected chi connectivity index (χ2v) is 10.7. The molecule has 0 bridgehead atoms. The molecular formula is C11H26O6P2S. The van der Waals surface area contributed by atoms with Gasteiger partial charge in [0.05, 0.1) is 26.4 Å². The first-order valence-corrected chi connectivity index (χ1v) is 11.7. The smallest absolute Gasteiger partial charge is 0.305 e. The van der Waals surface area contributed by atoms with E-state index in [1.807, 2.05) is 0 Å². The molecule has 0 saturated heterocycles. The van der Waals surface area contributed by atoms with E-state index in [4.69, 9.17) is 18.1 Å². The highest BCUT2D eigenvalue weighted by Crippen LogP contribution is 2.68. The minimum Gasteiger partial charge on any atom is -0.305 e. The Morgan fingerprint density at radius 2 is 1.00 bits per heavy atom. The first-order valence-electron chi connectivity index (χ1n) is 6.55. The van der Waals surface area contributed by atoms with Gasteiger partial charge in [0.25, 0.3) is 0 Å². The highest BCUT2D eigenvalue weighted by Gasteiger charge is 2.46. The lowest BCUT2D eigenvalue weighted by atomic mass is 10.9. The van der Waals surface area contributed by atoms with E-state index in [1.54, 1.807) is 40.2 Å². The topological polar surface area (TPSA) is 71.1 Å². The van der Waals surface area contributed by atoms with E-state index >= 15 is 0 Å². The molecule has 0 aromatic heterocycles. The average Bonchev–Trinajstić information content (AvgIpc) is 2.28. The van der Waals surface area contributed by atoms with Gasteiger partial charge in [-0.25, -0.2) is 0 Å². The van der Waals surface area contributed by atoms with Crippen molar-refractivity contribution in [3.63, 3.8) is 0 Å². The van der Waals surface area contributed by atoms with Crippen LogP contribution in [0.1, 0.15) is 27.7 Å². The Bertz CT molecular complexity index is 367. The third-order valence-electron chi connectivity index (χ3n) is 2.03. The maximum Gasteiger partial charge on any atom is 0.375 e. The Kier molecular flexibility index (Phi) is 9.77. The quantitative estimate of drug-likeness (QED) is 0.437. The molecule has 6 nitrogen and oxygen atoms in total. The monoisotopic (exact) mass is 348 g/mol. The number of hydrogen-bond acceptors (Lipinski definition) is 6. The summed E-state index contributed by atoms with van der Waals surface area (Å²) in [4.78, 5) is 0. The van der Waals surface area contributed by atoms with Crippen LogP contribution < -0.4 is 0 Å². The molecule has 0 aliphatic carbocycles. The van der Waals surface area contributed by atoms with Crippen LogP contribution in [-0.4, -0.2) is 43.3 Å². The van der Waals surface area contributed by atoms with E-state index in [0.29, 0.717) is 0 Å². The predicted octanol–water partition coefficient (Wildman–Crippen LogP) is 4.13. The van der Waals surface area contributed by atoms with Gasteiger partial charge >= 0.3 is 15.2 Å². The van der Waals surface area contributed by atoms with Crippen LogP contribution in [0.2, 0.25) is 0 Å². The molecule has 0 aliphatic heterocycles. The van der Waals surface area contributed by atoms with Crippen molar-refractivity contribution in [2.24, 2.45) is 0 Å². The average molecular weight is 348 g/mol. The maximum absolute atomic E-state index is 12.9. The molecule has 0 radical (unpaired) electrons. The van der Waals surface area contributed by atoms with Gasteiger partial charge in [-0.15, -0.1) is 0 Å². The van der Waals surface area contributed by atoms with Crippen LogP contribution in [0.5, 0.6) is 0 Å². The van der Waals surface area contributed by atoms with Gasteiger partial charge in [-0.3, -0.25) is 9.13 Å². The highest BCUT2D eigenvalue weighted by molar-refractivity contribution is 8.31. The van der Waals surface area contributed by atoms with Crippen LogP contribution >= 0.6 is 25.7 Å². The SMILES string of the molecule is CCOP(=O)(OCC)C(=S(C)C)P(=O)(OCC)OCC. The van der Waals surface area contributed by atoms with Crippen LogP contribution in [-0.2, 0) is 27.2 Å². The molecule has 0 rings (SSSR count). The van der Waals surface area contributed by atoms with Crippen molar-refractivity contribution in [2.45, 2.75) is 27.7 Å². The van der Waals surface area contributed by atoms with Gasteiger partial charge in [-0.05, 0) is 40.2 Å². The van der Waals surface area contributed by atoms with Gasteiger partial charge in [-0.2, -0.15) is 10.5 Å². The van der Waals surface area contributed by atoms with Crippen molar-refractivity contribution in [3.05, 3.63) is 0 Å². The van der Waals surface area contributed by atoms with Crippen LogP contribution in [0.15, 0.2) is 0 Å². The van der Waals surface area contributed by atoms with Crippen molar-refractivity contribution < 1.29 is 27.2 Å². The summed E-state index contributed by atoms with van der Waals surface area (Å²) in [7, 11) is -7.91. The lowest BCUT2D eigenvalue weighted by Gasteiger charge is -2.26. The van der Waals surface area contributed by atoms with Gasteiger partial charge in [0.1, 0.15) is 0 Å². The molecule has 0 spiro atoms. The second-order valence-electron chi connectivity index (χ2n) is 3.77. The third-order valence-corrected chi connectivity index (χ3v) is 11.1. The summed E-state index contributed by atoms with van der Waals surface area (Å²) in [5.41, 5.74) is 0. The van der Waals surface area contributed by atoms with Gasteiger partial charge in [-0.1, -0.05) is 0 Å².